The third kappa shape index (κ3) is 7.03. The summed E-state index contributed by atoms with van der Waals surface area (Å²) in [5.41, 5.74) is 0.504. The second-order valence-electron chi connectivity index (χ2n) is 4.48. The van der Waals surface area contributed by atoms with Crippen LogP contribution in [0, 0.1) is 5.82 Å². The second kappa shape index (κ2) is 10.6. The van der Waals surface area contributed by atoms with Gasteiger partial charge in [0.25, 0.3) is 0 Å². The Morgan fingerprint density at radius 2 is 2.05 bits per heavy atom. The number of guanidine groups is 1. The Hall–Kier alpha value is -2.15. The van der Waals surface area contributed by atoms with Crippen molar-refractivity contribution in [2.24, 2.45) is 4.99 Å². The summed E-state index contributed by atoms with van der Waals surface area (Å²) in [7, 11) is 1.57. The van der Waals surface area contributed by atoms with Gasteiger partial charge in [-0.1, -0.05) is 18.2 Å². The Balaban J connectivity index is 2.48. The van der Waals surface area contributed by atoms with Crippen LogP contribution in [0.15, 0.2) is 29.3 Å². The number of aliphatic imine (C=N–C) groups is 1. The standard InChI is InChI=1S/C15H23FN4O2/c1-3-17-15(20-11-14(21)18-8-9-22-2)19-10-12-6-4-5-7-13(12)16/h4-7H,3,8-11H2,1-2H3,(H,18,21)(H2,17,19,20). The van der Waals surface area contributed by atoms with Gasteiger partial charge in [0.2, 0.25) is 5.91 Å². The maximum atomic E-state index is 13.5. The summed E-state index contributed by atoms with van der Waals surface area (Å²) < 4.78 is 18.4. The highest BCUT2D eigenvalue weighted by Crippen LogP contribution is 2.07. The minimum absolute atomic E-state index is 0.0901. The van der Waals surface area contributed by atoms with Crippen molar-refractivity contribution in [1.82, 2.24) is 16.0 Å². The van der Waals surface area contributed by atoms with Crippen molar-refractivity contribution < 1.29 is 13.9 Å². The summed E-state index contributed by atoms with van der Waals surface area (Å²) in [6, 6.07) is 6.47. The Morgan fingerprint density at radius 3 is 2.73 bits per heavy atom. The van der Waals surface area contributed by atoms with E-state index in [9.17, 15) is 9.18 Å². The highest BCUT2D eigenvalue weighted by molar-refractivity contribution is 5.86. The van der Waals surface area contributed by atoms with E-state index in [4.69, 9.17) is 4.74 Å². The van der Waals surface area contributed by atoms with E-state index in [-0.39, 0.29) is 24.8 Å². The number of hydrogen-bond acceptors (Lipinski definition) is 3. The monoisotopic (exact) mass is 310 g/mol. The van der Waals surface area contributed by atoms with Crippen molar-refractivity contribution in [2.75, 3.05) is 33.4 Å². The van der Waals surface area contributed by atoms with Crippen LogP contribution in [0.5, 0.6) is 0 Å². The number of carbonyl (C=O) groups is 1. The second-order valence-corrected chi connectivity index (χ2v) is 4.48. The van der Waals surface area contributed by atoms with Gasteiger partial charge >= 0.3 is 0 Å². The average molecular weight is 310 g/mol. The fourth-order valence-corrected chi connectivity index (χ4v) is 1.65. The summed E-state index contributed by atoms with van der Waals surface area (Å²) in [5.74, 6) is 0.0144. The van der Waals surface area contributed by atoms with E-state index in [2.05, 4.69) is 20.9 Å². The molecule has 0 spiro atoms. The lowest BCUT2D eigenvalue weighted by molar-refractivity contribution is -0.120. The first-order valence-electron chi connectivity index (χ1n) is 7.18. The van der Waals surface area contributed by atoms with Crippen LogP contribution in [0.1, 0.15) is 12.5 Å². The molecule has 0 radical (unpaired) electrons. The predicted octanol–water partition coefficient (Wildman–Crippen LogP) is 0.643. The summed E-state index contributed by atoms with van der Waals surface area (Å²) in [5, 5.41) is 8.60. The first-order chi connectivity index (χ1) is 10.7. The summed E-state index contributed by atoms with van der Waals surface area (Å²) in [4.78, 5) is 15.8. The van der Waals surface area contributed by atoms with Crippen molar-refractivity contribution in [3.05, 3.63) is 35.6 Å². The number of hydrogen-bond donors (Lipinski definition) is 3. The van der Waals surface area contributed by atoms with Crippen LogP contribution < -0.4 is 16.0 Å². The van der Waals surface area contributed by atoms with Crippen LogP contribution in [0.3, 0.4) is 0 Å². The van der Waals surface area contributed by atoms with Gasteiger partial charge in [-0.05, 0) is 13.0 Å². The summed E-state index contributed by atoms with van der Waals surface area (Å²) in [6.45, 7) is 3.78. The van der Waals surface area contributed by atoms with Crippen LogP contribution >= 0.6 is 0 Å². The lowest BCUT2D eigenvalue weighted by Gasteiger charge is -2.11. The number of nitrogens with zero attached hydrogens (tertiary/aromatic N) is 1. The van der Waals surface area contributed by atoms with Crippen LogP contribution in [-0.2, 0) is 16.1 Å². The highest BCUT2D eigenvalue weighted by Gasteiger charge is 2.04. The third-order valence-corrected chi connectivity index (χ3v) is 2.75. The third-order valence-electron chi connectivity index (χ3n) is 2.75. The smallest absolute Gasteiger partial charge is 0.239 e. The number of ether oxygens (including phenoxy) is 1. The van der Waals surface area contributed by atoms with E-state index in [1.165, 1.54) is 6.07 Å². The number of nitrogens with one attached hydrogen (secondary N) is 3. The SMILES string of the molecule is CCNC(=NCc1ccccc1F)NCC(=O)NCCOC. The maximum Gasteiger partial charge on any atom is 0.239 e. The Bertz CT molecular complexity index is 494. The summed E-state index contributed by atoms with van der Waals surface area (Å²) in [6.07, 6.45) is 0. The van der Waals surface area contributed by atoms with Crippen molar-refractivity contribution in [1.29, 1.82) is 0 Å². The molecule has 0 saturated carbocycles. The Labute approximate surface area is 130 Å². The number of halogens is 1. The number of benzene rings is 1. The molecule has 0 aromatic heterocycles. The van der Waals surface area contributed by atoms with Gasteiger partial charge in [-0.25, -0.2) is 9.38 Å². The molecule has 0 bridgehead atoms. The maximum absolute atomic E-state index is 13.5. The van der Waals surface area contributed by atoms with Crippen molar-refractivity contribution >= 4 is 11.9 Å². The minimum Gasteiger partial charge on any atom is -0.383 e. The lowest BCUT2D eigenvalue weighted by Crippen LogP contribution is -2.43. The lowest BCUT2D eigenvalue weighted by atomic mass is 10.2. The van der Waals surface area contributed by atoms with Gasteiger partial charge in [0.05, 0.1) is 19.7 Å². The van der Waals surface area contributed by atoms with E-state index < -0.39 is 0 Å². The van der Waals surface area contributed by atoms with Crippen LogP contribution in [-0.4, -0.2) is 45.2 Å². The predicted molar refractivity (Wildman–Crippen MR) is 84.1 cm³/mol. The molecule has 0 atom stereocenters. The van der Waals surface area contributed by atoms with Gasteiger partial charge in [0.15, 0.2) is 5.96 Å². The molecular weight excluding hydrogens is 287 g/mol. The topological polar surface area (TPSA) is 74.8 Å². The molecule has 0 fully saturated rings. The molecule has 1 rings (SSSR count). The van der Waals surface area contributed by atoms with Gasteiger partial charge in [-0.3, -0.25) is 4.79 Å². The van der Waals surface area contributed by atoms with E-state index in [1.54, 1.807) is 25.3 Å². The Morgan fingerprint density at radius 1 is 1.27 bits per heavy atom. The molecule has 1 aromatic rings. The van der Waals surface area contributed by atoms with Crippen molar-refractivity contribution in [3.8, 4) is 0 Å². The van der Waals surface area contributed by atoms with Gasteiger partial charge in [0, 0.05) is 25.8 Å². The fraction of sp³-hybridized carbons (Fsp3) is 0.467. The van der Waals surface area contributed by atoms with Gasteiger partial charge < -0.3 is 20.7 Å². The molecule has 7 heteroatoms. The molecular formula is C15H23FN4O2. The molecule has 0 unspecified atom stereocenters. The first-order valence-corrected chi connectivity index (χ1v) is 7.18. The normalized spacial score (nSPS) is 11.1. The zero-order valence-electron chi connectivity index (χ0n) is 13.0. The first kappa shape index (κ1) is 17.9. The molecule has 0 aliphatic heterocycles. The largest absolute Gasteiger partial charge is 0.383 e. The van der Waals surface area contributed by atoms with Crippen LogP contribution in [0.4, 0.5) is 4.39 Å². The van der Waals surface area contributed by atoms with Crippen LogP contribution in [0.2, 0.25) is 0 Å². The number of amides is 1. The van der Waals surface area contributed by atoms with Gasteiger partial charge in [0.1, 0.15) is 5.82 Å². The minimum atomic E-state index is -0.292. The quantitative estimate of drug-likeness (QED) is 0.374. The Kier molecular flexibility index (Phi) is 8.59. The van der Waals surface area contributed by atoms with Crippen LogP contribution in [0.25, 0.3) is 0 Å². The highest BCUT2D eigenvalue weighted by atomic mass is 19.1. The zero-order valence-corrected chi connectivity index (χ0v) is 13.0. The fourth-order valence-electron chi connectivity index (χ4n) is 1.65. The molecule has 22 heavy (non-hydrogen) atoms. The molecule has 1 aromatic carbocycles. The molecule has 0 saturated heterocycles. The van der Waals surface area contributed by atoms with E-state index in [0.717, 1.165) is 0 Å². The van der Waals surface area contributed by atoms with Crippen molar-refractivity contribution in [3.63, 3.8) is 0 Å². The molecule has 6 nitrogen and oxygen atoms in total. The van der Waals surface area contributed by atoms with E-state index >= 15 is 0 Å². The molecule has 122 valence electrons. The molecule has 1 amide bonds. The molecule has 0 aliphatic carbocycles. The van der Waals surface area contributed by atoms with E-state index in [1.807, 2.05) is 6.92 Å². The molecule has 0 heterocycles. The number of methoxy groups -OCH3 is 1. The average Bonchev–Trinajstić information content (AvgIpc) is 2.51. The summed E-state index contributed by atoms with van der Waals surface area (Å²) >= 11 is 0. The number of rotatable bonds is 8. The number of carbonyl (C=O) groups excluding carboxylic acids is 1. The van der Waals surface area contributed by atoms with Gasteiger partial charge in [-0.2, -0.15) is 0 Å². The molecule has 3 N–H and O–H groups in total. The van der Waals surface area contributed by atoms with Crippen molar-refractivity contribution in [2.45, 2.75) is 13.5 Å². The van der Waals surface area contributed by atoms with Gasteiger partial charge in [-0.15, -0.1) is 0 Å². The zero-order chi connectivity index (χ0) is 16.2. The molecule has 0 aliphatic rings. The van der Waals surface area contributed by atoms with E-state index in [0.29, 0.717) is 31.2 Å².